The topological polar surface area (TPSA) is 62.7 Å². The third kappa shape index (κ3) is 3.83. The van der Waals surface area contributed by atoms with Gasteiger partial charge < -0.3 is 10.3 Å². The van der Waals surface area contributed by atoms with Gasteiger partial charge in [0.25, 0.3) is 5.56 Å². The summed E-state index contributed by atoms with van der Waals surface area (Å²) in [6.07, 6.45) is 11.7. The van der Waals surface area contributed by atoms with Gasteiger partial charge in [-0.2, -0.15) is 5.10 Å². The molecule has 30 heavy (non-hydrogen) atoms. The minimum absolute atomic E-state index is 0.0709. The van der Waals surface area contributed by atoms with Crippen LogP contribution in [-0.4, -0.2) is 20.8 Å². The van der Waals surface area contributed by atoms with Gasteiger partial charge in [-0.1, -0.05) is 43.5 Å². The first-order valence-electron chi connectivity index (χ1n) is 11.6. The molecule has 2 heterocycles. The molecular formula is C25H32N4O. The van der Waals surface area contributed by atoms with E-state index in [2.05, 4.69) is 34.6 Å². The van der Waals surface area contributed by atoms with Crippen molar-refractivity contribution in [1.29, 1.82) is 0 Å². The summed E-state index contributed by atoms with van der Waals surface area (Å²) in [7, 11) is 1.93. The van der Waals surface area contributed by atoms with Crippen molar-refractivity contribution in [3.05, 3.63) is 62.6 Å². The zero-order valence-electron chi connectivity index (χ0n) is 18.0. The maximum Gasteiger partial charge on any atom is 0.253 e. The average Bonchev–Trinajstić information content (AvgIpc) is 3.09. The number of nitrogens with zero attached hydrogens (tertiary/aromatic N) is 2. The molecule has 1 saturated carbocycles. The third-order valence-corrected chi connectivity index (χ3v) is 6.99. The highest BCUT2D eigenvalue weighted by Crippen LogP contribution is 2.29. The molecule has 2 aromatic heterocycles. The summed E-state index contributed by atoms with van der Waals surface area (Å²) in [5.74, 6) is 0. The molecule has 0 unspecified atom stereocenters. The van der Waals surface area contributed by atoms with E-state index in [4.69, 9.17) is 5.10 Å². The Bertz CT molecular complexity index is 1090. The third-order valence-electron chi connectivity index (χ3n) is 6.99. The van der Waals surface area contributed by atoms with Crippen LogP contribution in [0.3, 0.4) is 0 Å². The number of hydrogen-bond donors (Lipinski definition) is 2. The Morgan fingerprint density at radius 1 is 1.00 bits per heavy atom. The van der Waals surface area contributed by atoms with Gasteiger partial charge in [0, 0.05) is 37.0 Å². The number of aromatic nitrogens is 3. The molecule has 5 rings (SSSR count). The largest absolute Gasteiger partial charge is 0.310 e. The number of aromatic amines is 1. The Hall–Kier alpha value is -2.40. The van der Waals surface area contributed by atoms with Crippen LogP contribution in [0.4, 0.5) is 0 Å². The number of nitrogens with one attached hydrogen (secondary N) is 2. The van der Waals surface area contributed by atoms with Crippen LogP contribution in [0.5, 0.6) is 0 Å². The molecule has 5 nitrogen and oxygen atoms in total. The van der Waals surface area contributed by atoms with Crippen molar-refractivity contribution in [2.45, 2.75) is 76.8 Å². The lowest BCUT2D eigenvalue weighted by Gasteiger charge is -2.22. The van der Waals surface area contributed by atoms with E-state index in [1.165, 1.54) is 54.2 Å². The molecule has 0 bridgehead atoms. The maximum absolute atomic E-state index is 12.5. The molecule has 2 N–H and O–H groups in total. The normalized spacial score (nSPS) is 17.4. The molecule has 0 spiro atoms. The quantitative estimate of drug-likeness (QED) is 0.671. The highest BCUT2D eigenvalue weighted by atomic mass is 16.1. The molecule has 0 atom stereocenters. The Labute approximate surface area is 177 Å². The lowest BCUT2D eigenvalue weighted by atomic mass is 9.89. The number of hydrogen-bond acceptors (Lipinski definition) is 3. The van der Waals surface area contributed by atoms with Crippen LogP contribution < -0.4 is 10.9 Å². The van der Waals surface area contributed by atoms with Gasteiger partial charge in [-0.15, -0.1) is 0 Å². The minimum atomic E-state index is 0.0709. The SMILES string of the molecule is Cn1nc(Cc2ccc(CNC3CCCCC3)cc2)c2c3c(c(=O)[nH]c21)CCCC3. The standard InChI is InChI=1S/C25H32N4O/c1-29-24-23(20-9-5-6-10-21(20)25(30)27-24)22(28-29)15-17-11-13-18(14-12-17)16-26-19-7-3-2-4-8-19/h11-14,19,26H,2-10,15-16H2,1H3,(H,27,30). The fourth-order valence-electron chi connectivity index (χ4n) is 5.32. The minimum Gasteiger partial charge on any atom is -0.310 e. The lowest BCUT2D eigenvalue weighted by Crippen LogP contribution is -2.30. The monoisotopic (exact) mass is 404 g/mol. The molecule has 1 aromatic carbocycles. The zero-order valence-corrected chi connectivity index (χ0v) is 18.0. The van der Waals surface area contributed by atoms with Gasteiger partial charge in [0.15, 0.2) is 0 Å². The van der Waals surface area contributed by atoms with E-state index in [0.29, 0.717) is 6.04 Å². The summed E-state index contributed by atoms with van der Waals surface area (Å²) in [5.41, 5.74) is 6.84. The smallest absolute Gasteiger partial charge is 0.253 e. The molecule has 0 aliphatic heterocycles. The molecule has 0 amide bonds. The summed E-state index contributed by atoms with van der Waals surface area (Å²) < 4.78 is 1.84. The highest BCUT2D eigenvalue weighted by Gasteiger charge is 2.21. The van der Waals surface area contributed by atoms with Crippen LogP contribution in [0.2, 0.25) is 0 Å². The molecular weight excluding hydrogens is 372 g/mol. The van der Waals surface area contributed by atoms with Crippen molar-refractivity contribution in [1.82, 2.24) is 20.1 Å². The summed E-state index contributed by atoms with van der Waals surface area (Å²) >= 11 is 0. The van der Waals surface area contributed by atoms with E-state index >= 15 is 0 Å². The van der Waals surface area contributed by atoms with Gasteiger partial charge in [-0.05, 0) is 55.2 Å². The van der Waals surface area contributed by atoms with Crippen LogP contribution in [0.15, 0.2) is 29.1 Å². The van der Waals surface area contributed by atoms with E-state index < -0.39 is 0 Å². The van der Waals surface area contributed by atoms with E-state index in [1.807, 2.05) is 11.7 Å². The van der Waals surface area contributed by atoms with Gasteiger partial charge >= 0.3 is 0 Å². The van der Waals surface area contributed by atoms with E-state index in [1.54, 1.807) is 0 Å². The van der Waals surface area contributed by atoms with Crippen molar-refractivity contribution in [2.24, 2.45) is 7.05 Å². The molecule has 3 aromatic rings. The second-order valence-electron chi connectivity index (χ2n) is 9.12. The van der Waals surface area contributed by atoms with Gasteiger partial charge in [0.05, 0.1) is 5.69 Å². The average molecular weight is 405 g/mol. The lowest BCUT2D eigenvalue weighted by molar-refractivity contribution is 0.372. The summed E-state index contributed by atoms with van der Waals surface area (Å²) in [4.78, 5) is 15.6. The van der Waals surface area contributed by atoms with Crippen LogP contribution in [-0.2, 0) is 32.9 Å². The van der Waals surface area contributed by atoms with E-state index in [-0.39, 0.29) is 5.56 Å². The van der Waals surface area contributed by atoms with Crippen LogP contribution in [0.25, 0.3) is 11.0 Å². The Morgan fingerprint density at radius 3 is 2.47 bits per heavy atom. The molecule has 0 radical (unpaired) electrons. The highest BCUT2D eigenvalue weighted by molar-refractivity contribution is 5.84. The maximum atomic E-state index is 12.5. The first-order chi connectivity index (χ1) is 14.7. The van der Waals surface area contributed by atoms with Crippen LogP contribution in [0, 0.1) is 0 Å². The molecule has 2 aliphatic carbocycles. The number of rotatable bonds is 5. The zero-order chi connectivity index (χ0) is 20.5. The van der Waals surface area contributed by atoms with Crippen molar-refractivity contribution in [3.63, 3.8) is 0 Å². The van der Waals surface area contributed by atoms with Crippen molar-refractivity contribution >= 4 is 11.0 Å². The number of pyridine rings is 1. The second-order valence-corrected chi connectivity index (χ2v) is 9.12. The van der Waals surface area contributed by atoms with Crippen molar-refractivity contribution < 1.29 is 0 Å². The Morgan fingerprint density at radius 2 is 1.70 bits per heavy atom. The van der Waals surface area contributed by atoms with Gasteiger partial charge in [0.2, 0.25) is 0 Å². The fraction of sp³-hybridized carbons (Fsp3) is 0.520. The number of fused-ring (bicyclic) bond motifs is 3. The second kappa shape index (κ2) is 8.38. The summed E-state index contributed by atoms with van der Waals surface area (Å²) in [6.45, 7) is 0.951. The molecule has 2 aliphatic rings. The van der Waals surface area contributed by atoms with Gasteiger partial charge in [-0.3, -0.25) is 9.48 Å². The Kier molecular flexibility index (Phi) is 5.47. The number of H-pyrrole nitrogens is 1. The van der Waals surface area contributed by atoms with Gasteiger partial charge in [0.1, 0.15) is 5.65 Å². The predicted molar refractivity (Wildman–Crippen MR) is 121 cm³/mol. The first-order valence-corrected chi connectivity index (χ1v) is 11.6. The predicted octanol–water partition coefficient (Wildman–Crippen LogP) is 4.15. The summed E-state index contributed by atoms with van der Waals surface area (Å²) in [6, 6.07) is 9.64. The van der Waals surface area contributed by atoms with Crippen molar-refractivity contribution in [3.8, 4) is 0 Å². The number of benzene rings is 1. The molecule has 1 fully saturated rings. The van der Waals surface area contributed by atoms with Crippen LogP contribution >= 0.6 is 0 Å². The fourth-order valence-corrected chi connectivity index (χ4v) is 5.32. The molecule has 0 saturated heterocycles. The molecule has 158 valence electrons. The summed E-state index contributed by atoms with van der Waals surface area (Å²) in [5, 5.41) is 9.69. The van der Waals surface area contributed by atoms with Crippen molar-refractivity contribution in [2.75, 3.05) is 0 Å². The molecule has 5 heteroatoms. The van der Waals surface area contributed by atoms with E-state index in [0.717, 1.165) is 55.6 Å². The number of aryl methyl sites for hydroxylation is 2. The Balaban J connectivity index is 1.36. The van der Waals surface area contributed by atoms with E-state index in [9.17, 15) is 4.79 Å². The van der Waals surface area contributed by atoms with Crippen LogP contribution in [0.1, 0.15) is 72.9 Å². The first kappa shape index (κ1) is 19.6. The van der Waals surface area contributed by atoms with Gasteiger partial charge in [-0.25, -0.2) is 0 Å².